The molecule has 27 heavy (non-hydrogen) atoms. The number of anilines is 3. The molecule has 0 fully saturated rings. The molecule has 0 saturated heterocycles. The Kier molecular flexibility index (Phi) is 6.54. The molecule has 0 radical (unpaired) electrons. The van der Waals surface area contributed by atoms with Crippen molar-refractivity contribution in [2.75, 3.05) is 35.6 Å². The van der Waals surface area contributed by atoms with Crippen molar-refractivity contribution in [2.24, 2.45) is 0 Å². The predicted molar refractivity (Wildman–Crippen MR) is 106 cm³/mol. The Morgan fingerprint density at radius 2 is 1.41 bits per heavy atom. The first-order valence-corrected chi connectivity index (χ1v) is 9.52. The highest BCUT2D eigenvalue weighted by Crippen LogP contribution is 2.19. The summed E-state index contributed by atoms with van der Waals surface area (Å²) in [5.74, 6) is -0.685. The van der Waals surface area contributed by atoms with E-state index in [1.807, 2.05) is 0 Å². The molecule has 0 aromatic heterocycles. The van der Waals surface area contributed by atoms with E-state index in [0.29, 0.717) is 17.1 Å². The van der Waals surface area contributed by atoms with E-state index in [9.17, 15) is 18.0 Å². The summed E-state index contributed by atoms with van der Waals surface area (Å²) in [6.45, 7) is 1.02. The minimum Gasteiger partial charge on any atom is -0.326 e. The second kappa shape index (κ2) is 8.65. The van der Waals surface area contributed by atoms with E-state index < -0.39 is 16.1 Å². The van der Waals surface area contributed by atoms with E-state index >= 15 is 0 Å². The smallest absolute Gasteiger partial charge is 0.304 e. The normalized spacial score (nSPS) is 11.1. The van der Waals surface area contributed by atoms with Crippen molar-refractivity contribution in [2.45, 2.75) is 6.92 Å². The third kappa shape index (κ3) is 5.53. The molecule has 2 N–H and O–H groups in total. The van der Waals surface area contributed by atoms with Crippen molar-refractivity contribution in [3.05, 3.63) is 54.6 Å². The first-order valence-electron chi connectivity index (χ1n) is 8.13. The van der Waals surface area contributed by atoms with Gasteiger partial charge in [0.1, 0.15) is 6.54 Å². The number of amides is 2. The maximum Gasteiger partial charge on any atom is 0.304 e. The molecule has 0 aliphatic heterocycles. The zero-order chi connectivity index (χ0) is 20.0. The Balaban J connectivity index is 2.15. The zero-order valence-electron chi connectivity index (χ0n) is 15.3. The van der Waals surface area contributed by atoms with Gasteiger partial charge in [-0.3, -0.25) is 9.59 Å². The van der Waals surface area contributed by atoms with Gasteiger partial charge in [-0.05, 0) is 36.4 Å². The number of rotatable bonds is 7. The third-order valence-electron chi connectivity index (χ3n) is 3.56. The average Bonchev–Trinajstić information content (AvgIpc) is 2.61. The summed E-state index contributed by atoms with van der Waals surface area (Å²) in [6.07, 6.45) is 0. The molecule has 8 nitrogen and oxygen atoms in total. The fraction of sp³-hybridized carbons (Fsp3) is 0.222. The van der Waals surface area contributed by atoms with Crippen LogP contribution in [-0.4, -0.2) is 45.2 Å². The largest absolute Gasteiger partial charge is 0.326 e. The van der Waals surface area contributed by atoms with Crippen LogP contribution in [0.4, 0.5) is 17.1 Å². The van der Waals surface area contributed by atoms with Crippen LogP contribution in [0.2, 0.25) is 0 Å². The molecule has 0 aliphatic carbocycles. The Labute approximate surface area is 159 Å². The topological polar surface area (TPSA) is 98.8 Å². The molecule has 0 heterocycles. The summed E-state index contributed by atoms with van der Waals surface area (Å²) in [6, 6.07) is 14.9. The van der Waals surface area contributed by atoms with Gasteiger partial charge in [0, 0.05) is 32.4 Å². The number of benzene rings is 2. The van der Waals surface area contributed by atoms with E-state index in [-0.39, 0.29) is 12.5 Å². The van der Waals surface area contributed by atoms with Crippen molar-refractivity contribution in [1.82, 2.24) is 4.31 Å². The van der Waals surface area contributed by atoms with Gasteiger partial charge in [0.25, 0.3) is 0 Å². The van der Waals surface area contributed by atoms with Crippen LogP contribution >= 0.6 is 0 Å². The van der Waals surface area contributed by atoms with Crippen LogP contribution in [0.5, 0.6) is 0 Å². The van der Waals surface area contributed by atoms with Gasteiger partial charge in [-0.2, -0.15) is 12.7 Å². The number of carbonyl (C=O) groups is 2. The summed E-state index contributed by atoms with van der Waals surface area (Å²) in [7, 11) is -1.03. The SMILES string of the molecule is CC(=O)Nc1ccc(NC(=O)CN(c2ccccc2)S(=O)(=O)N(C)C)cc1. The second-order valence-corrected chi connectivity index (χ2v) is 8.01. The highest BCUT2D eigenvalue weighted by molar-refractivity contribution is 7.90. The highest BCUT2D eigenvalue weighted by atomic mass is 32.2. The van der Waals surface area contributed by atoms with Crippen LogP contribution in [0.15, 0.2) is 54.6 Å². The molecule has 2 aromatic carbocycles. The molecule has 2 amide bonds. The first-order chi connectivity index (χ1) is 12.7. The summed E-state index contributed by atoms with van der Waals surface area (Å²) < 4.78 is 27.3. The second-order valence-electron chi connectivity index (χ2n) is 5.94. The fourth-order valence-corrected chi connectivity index (χ4v) is 3.33. The van der Waals surface area contributed by atoms with E-state index in [2.05, 4.69) is 10.6 Å². The van der Waals surface area contributed by atoms with Crippen molar-refractivity contribution in [3.8, 4) is 0 Å². The van der Waals surface area contributed by atoms with E-state index in [1.54, 1.807) is 54.6 Å². The first kappa shape index (κ1) is 20.4. The Morgan fingerprint density at radius 1 is 0.889 bits per heavy atom. The highest BCUT2D eigenvalue weighted by Gasteiger charge is 2.27. The molecule has 2 rings (SSSR count). The van der Waals surface area contributed by atoms with Gasteiger partial charge in [-0.1, -0.05) is 18.2 Å². The van der Waals surface area contributed by atoms with Crippen LogP contribution in [0.3, 0.4) is 0 Å². The lowest BCUT2D eigenvalue weighted by Gasteiger charge is -2.26. The number of para-hydroxylation sites is 1. The summed E-state index contributed by atoms with van der Waals surface area (Å²) in [4.78, 5) is 23.5. The Morgan fingerprint density at radius 3 is 1.89 bits per heavy atom. The van der Waals surface area contributed by atoms with Crippen LogP contribution in [0, 0.1) is 0 Å². The number of hydrogen-bond acceptors (Lipinski definition) is 4. The molecule has 2 aromatic rings. The quantitative estimate of drug-likeness (QED) is 0.754. The van der Waals surface area contributed by atoms with Crippen molar-refractivity contribution in [1.29, 1.82) is 0 Å². The van der Waals surface area contributed by atoms with Gasteiger partial charge in [0.2, 0.25) is 11.8 Å². The summed E-state index contributed by atoms with van der Waals surface area (Å²) >= 11 is 0. The lowest BCUT2D eigenvalue weighted by molar-refractivity contribution is -0.115. The number of nitrogens with zero attached hydrogens (tertiary/aromatic N) is 2. The van der Waals surface area contributed by atoms with Crippen LogP contribution in [-0.2, 0) is 19.8 Å². The van der Waals surface area contributed by atoms with Crippen molar-refractivity contribution in [3.63, 3.8) is 0 Å². The lowest BCUT2D eigenvalue weighted by Crippen LogP contribution is -2.44. The van der Waals surface area contributed by atoms with Crippen molar-refractivity contribution < 1.29 is 18.0 Å². The lowest BCUT2D eigenvalue weighted by atomic mass is 10.2. The van der Waals surface area contributed by atoms with E-state index in [0.717, 1.165) is 8.61 Å². The summed E-state index contributed by atoms with van der Waals surface area (Å²) in [5, 5.41) is 5.28. The predicted octanol–water partition coefficient (Wildman–Crippen LogP) is 1.90. The van der Waals surface area contributed by atoms with Crippen LogP contribution in [0.25, 0.3) is 0 Å². The maximum atomic E-state index is 12.6. The minimum absolute atomic E-state index is 0.195. The average molecular weight is 390 g/mol. The van der Waals surface area contributed by atoms with Gasteiger partial charge >= 0.3 is 10.2 Å². The van der Waals surface area contributed by atoms with E-state index in [4.69, 9.17) is 0 Å². The number of hydrogen-bond donors (Lipinski definition) is 2. The van der Waals surface area contributed by atoms with Crippen LogP contribution < -0.4 is 14.9 Å². The number of nitrogens with one attached hydrogen (secondary N) is 2. The molecule has 0 bridgehead atoms. The summed E-state index contributed by atoms with van der Waals surface area (Å²) in [5.41, 5.74) is 1.48. The van der Waals surface area contributed by atoms with Gasteiger partial charge in [-0.15, -0.1) is 0 Å². The Bertz CT molecular complexity index is 897. The molecule has 9 heteroatoms. The van der Waals surface area contributed by atoms with Gasteiger partial charge in [0.15, 0.2) is 0 Å². The molecule has 0 aliphatic rings. The monoisotopic (exact) mass is 390 g/mol. The molecule has 0 saturated carbocycles. The maximum absolute atomic E-state index is 12.6. The molecule has 0 atom stereocenters. The Hall–Kier alpha value is -2.91. The van der Waals surface area contributed by atoms with E-state index in [1.165, 1.54) is 21.0 Å². The third-order valence-corrected chi connectivity index (χ3v) is 5.38. The fourth-order valence-electron chi connectivity index (χ4n) is 2.27. The van der Waals surface area contributed by atoms with Gasteiger partial charge in [0.05, 0.1) is 5.69 Å². The molecular formula is C18H22N4O4S. The van der Waals surface area contributed by atoms with Gasteiger partial charge < -0.3 is 10.6 Å². The molecule has 0 spiro atoms. The molecule has 0 unspecified atom stereocenters. The zero-order valence-corrected chi connectivity index (χ0v) is 16.2. The molecule has 144 valence electrons. The van der Waals surface area contributed by atoms with Crippen molar-refractivity contribution >= 4 is 39.1 Å². The van der Waals surface area contributed by atoms with Gasteiger partial charge in [-0.25, -0.2) is 4.31 Å². The standard InChI is InChI=1S/C18H22N4O4S/c1-14(23)19-15-9-11-16(12-10-15)20-18(24)13-22(27(25,26)21(2)3)17-7-5-4-6-8-17/h4-12H,13H2,1-3H3,(H,19,23)(H,20,24). The minimum atomic E-state index is -3.84. The van der Waals surface area contributed by atoms with Crippen LogP contribution in [0.1, 0.15) is 6.92 Å². The molecular weight excluding hydrogens is 368 g/mol. The number of carbonyl (C=O) groups excluding carboxylic acids is 2.